The molecule has 11 heteroatoms. The molecule has 3 N–H and O–H groups in total. The van der Waals surface area contributed by atoms with Crippen LogP contribution in [0.5, 0.6) is 5.75 Å². The second-order valence-electron chi connectivity index (χ2n) is 8.29. The second-order valence-corrected chi connectivity index (χ2v) is 10.9. The SMILES string of the molecule is COc1ccc(-c2[nH]n(-c3nc4ccccc4s3)c(=O)c2C(C)=NCc2ccc(S(N)(=O)=O)cc2)cc1. The van der Waals surface area contributed by atoms with Crippen molar-refractivity contribution in [2.24, 2.45) is 10.1 Å². The Balaban J connectivity index is 1.58. The minimum atomic E-state index is -3.77. The number of methoxy groups -OCH3 is 1. The van der Waals surface area contributed by atoms with Crippen molar-refractivity contribution >= 4 is 37.3 Å². The summed E-state index contributed by atoms with van der Waals surface area (Å²) in [5, 5.41) is 8.94. The molecular weight excluding hydrogens is 510 g/mol. The van der Waals surface area contributed by atoms with E-state index in [9.17, 15) is 13.2 Å². The van der Waals surface area contributed by atoms with Crippen LogP contribution in [0.2, 0.25) is 0 Å². The zero-order valence-electron chi connectivity index (χ0n) is 20.0. The average molecular weight is 534 g/mol. The molecule has 0 bridgehead atoms. The first kappa shape index (κ1) is 24.6. The minimum absolute atomic E-state index is 0.0306. The van der Waals surface area contributed by atoms with Gasteiger partial charge in [-0.1, -0.05) is 35.6 Å². The van der Waals surface area contributed by atoms with Gasteiger partial charge >= 0.3 is 0 Å². The lowest BCUT2D eigenvalue weighted by atomic mass is 10.0. The van der Waals surface area contributed by atoms with Crippen molar-refractivity contribution in [3.8, 4) is 22.1 Å². The number of ether oxygens (including phenoxy) is 1. The molecule has 5 aromatic rings. The Hall–Kier alpha value is -4.06. The number of sulfonamides is 1. The number of hydrogen-bond acceptors (Lipinski definition) is 7. The summed E-state index contributed by atoms with van der Waals surface area (Å²) in [5.74, 6) is 0.701. The van der Waals surface area contributed by atoms with Crippen LogP contribution >= 0.6 is 11.3 Å². The molecule has 0 radical (unpaired) electrons. The number of nitrogens with zero attached hydrogens (tertiary/aromatic N) is 3. The summed E-state index contributed by atoms with van der Waals surface area (Å²) >= 11 is 1.41. The quantitative estimate of drug-likeness (QED) is 0.304. The van der Waals surface area contributed by atoms with Crippen molar-refractivity contribution in [1.82, 2.24) is 14.8 Å². The Kier molecular flexibility index (Phi) is 6.50. The molecule has 0 saturated carbocycles. The molecule has 188 valence electrons. The van der Waals surface area contributed by atoms with E-state index in [4.69, 9.17) is 9.88 Å². The molecule has 37 heavy (non-hydrogen) atoms. The average Bonchev–Trinajstić information content (AvgIpc) is 3.48. The van der Waals surface area contributed by atoms with Gasteiger partial charge in [0.1, 0.15) is 5.75 Å². The van der Waals surface area contributed by atoms with Crippen LogP contribution in [-0.2, 0) is 16.6 Å². The van der Waals surface area contributed by atoms with Gasteiger partial charge in [0.05, 0.1) is 40.0 Å². The van der Waals surface area contributed by atoms with Gasteiger partial charge in [0.2, 0.25) is 15.2 Å². The molecule has 3 aromatic carbocycles. The molecule has 0 amide bonds. The maximum absolute atomic E-state index is 13.7. The Bertz CT molecular complexity index is 1750. The number of thiazole rings is 1. The molecule has 2 aromatic heterocycles. The Labute approximate surface area is 216 Å². The highest BCUT2D eigenvalue weighted by Crippen LogP contribution is 2.27. The van der Waals surface area contributed by atoms with E-state index < -0.39 is 10.0 Å². The van der Waals surface area contributed by atoms with E-state index in [1.54, 1.807) is 26.2 Å². The maximum atomic E-state index is 13.7. The number of benzene rings is 3. The minimum Gasteiger partial charge on any atom is -0.497 e. The van der Waals surface area contributed by atoms with Gasteiger partial charge in [-0.15, -0.1) is 0 Å². The number of fused-ring (bicyclic) bond motifs is 1. The first-order valence-corrected chi connectivity index (χ1v) is 13.6. The molecule has 9 nitrogen and oxygen atoms in total. The summed E-state index contributed by atoms with van der Waals surface area (Å²) in [6.07, 6.45) is 0. The fourth-order valence-electron chi connectivity index (χ4n) is 3.90. The number of hydrogen-bond donors (Lipinski definition) is 2. The largest absolute Gasteiger partial charge is 0.497 e. The molecule has 0 atom stereocenters. The van der Waals surface area contributed by atoms with Gasteiger partial charge in [-0.05, 0) is 61.0 Å². The molecule has 0 aliphatic rings. The topological polar surface area (TPSA) is 132 Å². The molecule has 0 fully saturated rings. The van der Waals surface area contributed by atoms with Crippen molar-refractivity contribution in [3.05, 3.63) is 94.3 Å². The smallest absolute Gasteiger partial charge is 0.283 e. The predicted molar refractivity (Wildman–Crippen MR) is 145 cm³/mol. The van der Waals surface area contributed by atoms with E-state index in [0.717, 1.165) is 21.3 Å². The predicted octanol–water partition coefficient (Wildman–Crippen LogP) is 4.11. The molecule has 5 rings (SSSR count). The van der Waals surface area contributed by atoms with Crippen LogP contribution in [-0.4, -0.2) is 36.0 Å². The molecule has 0 spiro atoms. The Morgan fingerprint density at radius 3 is 2.43 bits per heavy atom. The first-order valence-electron chi connectivity index (χ1n) is 11.2. The van der Waals surface area contributed by atoms with Crippen molar-refractivity contribution in [2.45, 2.75) is 18.4 Å². The third-order valence-electron chi connectivity index (χ3n) is 5.86. The number of aromatic nitrogens is 3. The van der Waals surface area contributed by atoms with Crippen molar-refractivity contribution in [3.63, 3.8) is 0 Å². The number of rotatable bonds is 7. The van der Waals surface area contributed by atoms with Gasteiger partial charge in [-0.2, -0.15) is 4.68 Å². The van der Waals surface area contributed by atoms with Crippen LogP contribution in [0.15, 0.2) is 87.5 Å². The highest BCUT2D eigenvalue weighted by atomic mass is 32.2. The number of aliphatic imine (C=N–C) groups is 1. The van der Waals surface area contributed by atoms with Gasteiger partial charge in [0.15, 0.2) is 0 Å². The fraction of sp³-hybridized carbons (Fsp3) is 0.115. The van der Waals surface area contributed by atoms with Gasteiger partial charge in [0, 0.05) is 11.3 Å². The number of primary sulfonamides is 1. The summed E-state index contributed by atoms with van der Waals surface area (Å²) in [6.45, 7) is 2.03. The fourth-order valence-corrected chi connectivity index (χ4v) is 5.34. The van der Waals surface area contributed by atoms with Crippen molar-refractivity contribution in [1.29, 1.82) is 0 Å². The molecule has 0 saturated heterocycles. The van der Waals surface area contributed by atoms with Crippen molar-refractivity contribution in [2.75, 3.05) is 7.11 Å². The highest BCUT2D eigenvalue weighted by Gasteiger charge is 2.21. The van der Waals surface area contributed by atoms with Gasteiger partial charge < -0.3 is 4.74 Å². The molecule has 0 aliphatic carbocycles. The summed E-state index contributed by atoms with van der Waals surface area (Å²) in [5.41, 5.74) is 3.67. The summed E-state index contributed by atoms with van der Waals surface area (Å²) in [7, 11) is -2.18. The number of H-pyrrole nitrogens is 1. The highest BCUT2D eigenvalue weighted by molar-refractivity contribution is 7.89. The van der Waals surface area contributed by atoms with E-state index in [1.807, 2.05) is 48.5 Å². The number of aromatic amines is 1. The second kappa shape index (κ2) is 9.77. The molecular formula is C26H23N5O4S2. The van der Waals surface area contributed by atoms with Gasteiger partial charge in [-0.25, -0.2) is 18.5 Å². The zero-order valence-corrected chi connectivity index (χ0v) is 21.6. The summed E-state index contributed by atoms with van der Waals surface area (Å²) < 4.78 is 30.7. The standard InChI is InChI=1S/C26H23N5O4S2/c1-16(28-15-17-7-13-20(14-8-17)37(27,33)34)23-24(18-9-11-19(35-2)12-10-18)30-31(25(23)32)26-29-21-5-3-4-6-22(21)36-26/h3-14,30H,15H2,1-2H3,(H2,27,33,34). The molecule has 0 aliphatic heterocycles. The number of nitrogens with two attached hydrogens (primary N) is 1. The van der Waals surface area contributed by atoms with Crippen LogP contribution in [0.4, 0.5) is 0 Å². The Morgan fingerprint density at radius 1 is 1.08 bits per heavy atom. The first-order chi connectivity index (χ1) is 17.7. The van der Waals surface area contributed by atoms with Crippen LogP contribution in [0.25, 0.3) is 26.6 Å². The van der Waals surface area contributed by atoms with E-state index in [0.29, 0.717) is 27.9 Å². The third-order valence-corrected chi connectivity index (χ3v) is 7.81. The van der Waals surface area contributed by atoms with Crippen LogP contribution in [0.1, 0.15) is 18.1 Å². The van der Waals surface area contributed by atoms with E-state index in [-0.39, 0.29) is 17.0 Å². The van der Waals surface area contributed by atoms with Crippen molar-refractivity contribution < 1.29 is 13.2 Å². The third kappa shape index (κ3) is 4.96. The van der Waals surface area contributed by atoms with Crippen LogP contribution in [0, 0.1) is 0 Å². The van der Waals surface area contributed by atoms with E-state index in [2.05, 4.69) is 15.1 Å². The molecule has 0 unspecified atom stereocenters. The van der Waals surface area contributed by atoms with Crippen LogP contribution in [0.3, 0.4) is 0 Å². The van der Waals surface area contributed by atoms with Gasteiger partial charge in [0.25, 0.3) is 5.56 Å². The maximum Gasteiger partial charge on any atom is 0.283 e. The zero-order chi connectivity index (χ0) is 26.2. The monoisotopic (exact) mass is 533 g/mol. The Morgan fingerprint density at radius 2 is 1.78 bits per heavy atom. The lowest BCUT2D eigenvalue weighted by molar-refractivity contribution is 0.415. The summed E-state index contributed by atoms with van der Waals surface area (Å²) in [4.78, 5) is 23.0. The van der Waals surface area contributed by atoms with Crippen LogP contribution < -0.4 is 15.4 Å². The van der Waals surface area contributed by atoms with E-state index in [1.165, 1.54) is 28.2 Å². The number of para-hydroxylation sites is 1. The normalized spacial score (nSPS) is 12.2. The molecule has 2 heterocycles. The number of nitrogens with one attached hydrogen (secondary N) is 1. The lowest BCUT2D eigenvalue weighted by Gasteiger charge is -2.05. The van der Waals surface area contributed by atoms with Gasteiger partial charge in [-0.3, -0.25) is 14.9 Å². The summed E-state index contributed by atoms with van der Waals surface area (Å²) in [6, 6.07) is 21.3. The lowest BCUT2D eigenvalue weighted by Crippen LogP contribution is -2.19. The van der Waals surface area contributed by atoms with E-state index >= 15 is 0 Å².